The molecule has 0 radical (unpaired) electrons. The number of allylic oxidation sites excluding steroid dienone is 2. The maximum atomic E-state index is 10.1. The summed E-state index contributed by atoms with van der Waals surface area (Å²) in [5.74, 6) is 0. The average Bonchev–Trinajstić information content (AvgIpc) is 2.05. The van der Waals surface area contributed by atoms with Crippen molar-refractivity contribution >= 4 is 0 Å². The minimum Gasteiger partial charge on any atom is -0.145 e. The van der Waals surface area contributed by atoms with E-state index in [0.717, 1.165) is 0 Å². The van der Waals surface area contributed by atoms with E-state index < -0.39 is 0 Å². The van der Waals surface area contributed by atoms with E-state index in [4.69, 9.17) is 0 Å². The van der Waals surface area contributed by atoms with Gasteiger partial charge in [0.1, 0.15) is 11.4 Å². The molecule has 0 aromatic rings. The average molecular weight is 154 g/mol. The molecule has 0 bridgehead atoms. The van der Waals surface area contributed by atoms with Gasteiger partial charge in [0.25, 0.3) is 0 Å². The monoisotopic (exact) mass is 154 g/mol. The van der Waals surface area contributed by atoms with E-state index in [-0.39, 0.29) is 11.4 Å². The van der Waals surface area contributed by atoms with Crippen LogP contribution in [0.25, 0.3) is 0 Å². The molecule has 0 aliphatic heterocycles. The lowest BCUT2D eigenvalue weighted by atomic mass is 10.3. The highest BCUT2D eigenvalue weighted by Gasteiger charge is 2.02. The molecule has 0 aliphatic rings. The molecule has 4 heteroatoms. The molecule has 0 aromatic heterocycles. The van der Waals surface area contributed by atoms with Gasteiger partial charge >= 0.3 is 0 Å². The van der Waals surface area contributed by atoms with Crippen LogP contribution in [0.3, 0.4) is 0 Å². The molecular weight excluding hydrogens is 144 g/mol. The molecule has 11 heavy (non-hydrogen) atoms. The Bertz CT molecular complexity index is 206. The molecule has 0 unspecified atom stereocenters. The Hall–Kier alpha value is -1.32. The molecule has 4 nitrogen and oxygen atoms in total. The fourth-order valence-corrected chi connectivity index (χ4v) is 0.629. The first-order valence-corrected chi connectivity index (χ1v) is 3.33. The summed E-state index contributed by atoms with van der Waals surface area (Å²) in [7, 11) is 0. The van der Waals surface area contributed by atoms with E-state index in [2.05, 4.69) is 10.4 Å². The van der Waals surface area contributed by atoms with Crippen molar-refractivity contribution in [2.75, 3.05) is 0 Å². The summed E-state index contributed by atoms with van der Waals surface area (Å²) in [5, 5.41) is 5.31. The second-order valence-electron chi connectivity index (χ2n) is 1.85. The summed E-state index contributed by atoms with van der Waals surface area (Å²) in [6.07, 6.45) is 3.67. The number of hydrogen-bond acceptors (Lipinski definition) is 4. The molecule has 0 heterocycles. The Morgan fingerprint density at radius 2 is 1.82 bits per heavy atom. The fraction of sp³-hybridized carbons (Fsp3) is 0.429. The minimum atomic E-state index is 0.0989. The van der Waals surface area contributed by atoms with E-state index >= 15 is 0 Å². The van der Waals surface area contributed by atoms with Gasteiger partial charge in [-0.25, -0.2) is 0 Å². The normalized spacial score (nSPS) is 12.9. The van der Waals surface area contributed by atoms with Gasteiger partial charge < -0.3 is 0 Å². The summed E-state index contributed by atoms with van der Waals surface area (Å²) < 4.78 is 0. The second kappa shape index (κ2) is 5.46. The van der Waals surface area contributed by atoms with Crippen molar-refractivity contribution in [1.82, 2.24) is 0 Å². The van der Waals surface area contributed by atoms with Crippen LogP contribution in [0.5, 0.6) is 0 Å². The maximum absolute atomic E-state index is 10.1. The van der Waals surface area contributed by atoms with Crippen molar-refractivity contribution in [3.05, 3.63) is 33.4 Å². The number of rotatable bonds is 4. The van der Waals surface area contributed by atoms with Gasteiger partial charge in [0.2, 0.25) is 0 Å². The van der Waals surface area contributed by atoms with Gasteiger partial charge in [0.15, 0.2) is 0 Å². The molecule has 0 aromatic carbocycles. The third-order valence-corrected chi connectivity index (χ3v) is 1.13. The Kier molecular flexibility index (Phi) is 4.81. The molecule has 0 amide bonds. The van der Waals surface area contributed by atoms with Crippen molar-refractivity contribution in [2.24, 2.45) is 10.4 Å². The maximum Gasteiger partial charge on any atom is 0.132 e. The lowest BCUT2D eigenvalue weighted by Gasteiger charge is -1.91. The molecule has 0 rings (SSSR count). The number of nitroso groups, excluding NO2 is 2. The molecule has 0 spiro atoms. The SMILES string of the molecule is C/C=C(N=O)\C(=C/CC)N=O. The molecule has 0 N–H and O–H groups in total. The molecule has 0 atom stereocenters. The van der Waals surface area contributed by atoms with E-state index in [1.54, 1.807) is 13.0 Å². The largest absolute Gasteiger partial charge is 0.145 e. The quantitative estimate of drug-likeness (QED) is 0.461. The van der Waals surface area contributed by atoms with E-state index in [1.165, 1.54) is 6.08 Å². The summed E-state index contributed by atoms with van der Waals surface area (Å²) in [6, 6.07) is 0. The summed E-state index contributed by atoms with van der Waals surface area (Å²) in [5.41, 5.74) is 0.215. The third-order valence-electron chi connectivity index (χ3n) is 1.13. The molecule has 0 fully saturated rings. The highest BCUT2D eigenvalue weighted by Crippen LogP contribution is 2.12. The molecule has 0 saturated heterocycles. The van der Waals surface area contributed by atoms with Crippen LogP contribution in [0, 0.1) is 9.81 Å². The first kappa shape index (κ1) is 9.68. The van der Waals surface area contributed by atoms with Crippen LogP contribution in [0.4, 0.5) is 0 Å². The van der Waals surface area contributed by atoms with Gasteiger partial charge in [-0.3, -0.25) is 0 Å². The van der Waals surface area contributed by atoms with Gasteiger partial charge in [-0.1, -0.05) is 19.1 Å². The lowest BCUT2D eigenvalue weighted by molar-refractivity contribution is 1.13. The van der Waals surface area contributed by atoms with E-state index in [9.17, 15) is 9.81 Å². The van der Waals surface area contributed by atoms with Gasteiger partial charge in [0, 0.05) is 0 Å². The van der Waals surface area contributed by atoms with Crippen molar-refractivity contribution in [2.45, 2.75) is 20.3 Å². The van der Waals surface area contributed by atoms with E-state index in [0.29, 0.717) is 6.42 Å². The van der Waals surface area contributed by atoms with Crippen LogP contribution in [-0.4, -0.2) is 0 Å². The van der Waals surface area contributed by atoms with Crippen LogP contribution >= 0.6 is 0 Å². The third kappa shape index (κ3) is 2.84. The Balaban J connectivity index is 4.61. The Labute approximate surface area is 64.9 Å². The zero-order valence-corrected chi connectivity index (χ0v) is 6.57. The van der Waals surface area contributed by atoms with Gasteiger partial charge in [0.05, 0.1) is 0 Å². The number of hydrogen-bond donors (Lipinski definition) is 0. The predicted molar refractivity (Wildman–Crippen MR) is 43.7 cm³/mol. The van der Waals surface area contributed by atoms with Gasteiger partial charge in [-0.2, -0.15) is 0 Å². The minimum absolute atomic E-state index is 0.0989. The zero-order chi connectivity index (χ0) is 8.69. The molecule has 60 valence electrons. The van der Waals surface area contributed by atoms with Crippen LogP contribution in [0.15, 0.2) is 33.9 Å². The summed E-state index contributed by atoms with van der Waals surface area (Å²) >= 11 is 0. The van der Waals surface area contributed by atoms with Crippen molar-refractivity contribution in [3.63, 3.8) is 0 Å². The topological polar surface area (TPSA) is 58.9 Å². The zero-order valence-electron chi connectivity index (χ0n) is 6.57. The second-order valence-corrected chi connectivity index (χ2v) is 1.85. The summed E-state index contributed by atoms with van der Waals surface area (Å²) in [6.45, 7) is 3.48. The fourth-order valence-electron chi connectivity index (χ4n) is 0.629. The van der Waals surface area contributed by atoms with Gasteiger partial charge in [-0.05, 0) is 23.7 Å². The standard InChI is InChI=1S/C7H10N2O2/c1-3-5-7(9-11)6(4-2)8-10/h4-5H,3H2,1-2H3/b6-4+,7-5+. The van der Waals surface area contributed by atoms with Crippen molar-refractivity contribution < 1.29 is 0 Å². The van der Waals surface area contributed by atoms with Gasteiger partial charge in [-0.15, -0.1) is 9.81 Å². The Morgan fingerprint density at radius 3 is 2.09 bits per heavy atom. The predicted octanol–water partition coefficient (Wildman–Crippen LogP) is 2.72. The smallest absolute Gasteiger partial charge is 0.132 e. The van der Waals surface area contributed by atoms with Crippen LogP contribution < -0.4 is 0 Å². The highest BCUT2D eigenvalue weighted by molar-refractivity contribution is 5.27. The Morgan fingerprint density at radius 1 is 1.27 bits per heavy atom. The van der Waals surface area contributed by atoms with Crippen molar-refractivity contribution in [1.29, 1.82) is 0 Å². The van der Waals surface area contributed by atoms with Crippen LogP contribution in [-0.2, 0) is 0 Å². The van der Waals surface area contributed by atoms with Crippen LogP contribution in [0.1, 0.15) is 20.3 Å². The molecule has 0 saturated carbocycles. The van der Waals surface area contributed by atoms with Crippen molar-refractivity contribution in [3.8, 4) is 0 Å². The molecular formula is C7H10N2O2. The first-order valence-electron chi connectivity index (χ1n) is 3.33. The highest BCUT2D eigenvalue weighted by atomic mass is 16.3. The van der Waals surface area contributed by atoms with Crippen LogP contribution in [0.2, 0.25) is 0 Å². The number of nitrogens with zero attached hydrogens (tertiary/aromatic N) is 2. The lowest BCUT2D eigenvalue weighted by Crippen LogP contribution is -1.80. The first-order chi connectivity index (χ1) is 5.29. The molecule has 0 aliphatic carbocycles. The van der Waals surface area contributed by atoms with E-state index in [1.807, 2.05) is 6.92 Å². The summed E-state index contributed by atoms with van der Waals surface area (Å²) in [4.78, 5) is 20.1.